The van der Waals surface area contributed by atoms with Gasteiger partial charge in [-0.2, -0.15) is 5.10 Å². The zero-order valence-electron chi connectivity index (χ0n) is 17.0. The highest BCUT2D eigenvalue weighted by molar-refractivity contribution is 5.94. The molecule has 1 amide bonds. The van der Waals surface area contributed by atoms with Crippen LogP contribution in [0.4, 0.5) is 0 Å². The van der Waals surface area contributed by atoms with E-state index in [2.05, 4.69) is 5.10 Å². The molecule has 0 radical (unpaired) electrons. The Bertz CT molecular complexity index is 1080. The molecule has 2 atom stereocenters. The molecule has 1 aliphatic rings. The number of carboxylic acids is 1. The lowest BCUT2D eigenvalue weighted by Crippen LogP contribution is -2.30. The first-order valence-electron chi connectivity index (χ1n) is 9.95. The molecule has 1 saturated heterocycles. The first-order valence-corrected chi connectivity index (χ1v) is 9.95. The fourth-order valence-corrected chi connectivity index (χ4v) is 3.83. The number of carboxylic acid groups (broad SMARTS) is 1. The van der Waals surface area contributed by atoms with Crippen LogP contribution in [0.3, 0.4) is 0 Å². The van der Waals surface area contributed by atoms with Gasteiger partial charge in [0.15, 0.2) is 5.69 Å². The summed E-state index contributed by atoms with van der Waals surface area (Å²) < 4.78 is 6.92. The van der Waals surface area contributed by atoms with Crippen molar-refractivity contribution in [2.24, 2.45) is 5.92 Å². The summed E-state index contributed by atoms with van der Waals surface area (Å²) in [5.41, 5.74) is 2.65. The zero-order chi connectivity index (χ0) is 22.0. The number of likely N-dealkylation sites (tertiary alicyclic amines) is 1. The molecule has 0 aliphatic carbocycles. The second-order valence-electron chi connectivity index (χ2n) is 7.53. The summed E-state index contributed by atoms with van der Waals surface area (Å²) >= 11 is 0. The van der Waals surface area contributed by atoms with Crippen LogP contribution in [0.2, 0.25) is 0 Å². The summed E-state index contributed by atoms with van der Waals surface area (Å²) in [6.45, 7) is 0.273. The van der Waals surface area contributed by atoms with Crippen LogP contribution >= 0.6 is 0 Å². The Morgan fingerprint density at radius 1 is 1.10 bits per heavy atom. The number of carbonyl (C=O) groups excluding carboxylic acids is 1. The highest BCUT2D eigenvalue weighted by Crippen LogP contribution is 2.27. The van der Waals surface area contributed by atoms with E-state index < -0.39 is 18.0 Å². The third-order valence-electron chi connectivity index (χ3n) is 5.45. The normalized spacial score (nSPS) is 18.2. The number of amides is 1. The second-order valence-corrected chi connectivity index (χ2v) is 7.53. The van der Waals surface area contributed by atoms with Crippen molar-refractivity contribution in [2.45, 2.75) is 12.5 Å². The number of benzene rings is 2. The van der Waals surface area contributed by atoms with Gasteiger partial charge in [0.25, 0.3) is 5.91 Å². The van der Waals surface area contributed by atoms with E-state index in [1.165, 1.54) is 4.90 Å². The quantitative estimate of drug-likeness (QED) is 0.634. The molecule has 8 heteroatoms. The van der Waals surface area contributed by atoms with Gasteiger partial charge in [0, 0.05) is 24.6 Å². The molecule has 4 rings (SSSR count). The van der Waals surface area contributed by atoms with Crippen molar-refractivity contribution in [3.8, 4) is 22.7 Å². The van der Waals surface area contributed by atoms with Crippen LogP contribution in [0.1, 0.15) is 16.9 Å². The minimum atomic E-state index is -0.992. The summed E-state index contributed by atoms with van der Waals surface area (Å²) in [7, 11) is 1.59. The van der Waals surface area contributed by atoms with E-state index in [9.17, 15) is 14.7 Å². The smallest absolute Gasteiger partial charge is 0.303 e. The minimum Gasteiger partial charge on any atom is -0.497 e. The summed E-state index contributed by atoms with van der Waals surface area (Å²) in [5.74, 6) is -1.10. The number of β-amino-alcohol motifs (C(OH)–C–C–N with tert-alkyl or cyclic N) is 1. The maximum atomic E-state index is 13.1. The number of hydrogen-bond acceptors (Lipinski definition) is 5. The van der Waals surface area contributed by atoms with Crippen molar-refractivity contribution in [2.75, 3.05) is 20.2 Å². The first kappa shape index (κ1) is 20.6. The number of aliphatic hydroxyl groups excluding tert-OH is 1. The molecule has 1 fully saturated rings. The number of methoxy groups -OCH3 is 1. The fraction of sp³-hybridized carbons (Fsp3) is 0.261. The predicted octanol–water partition coefficient (Wildman–Crippen LogP) is 2.46. The largest absolute Gasteiger partial charge is 0.497 e. The van der Waals surface area contributed by atoms with E-state index in [1.807, 2.05) is 54.6 Å². The Hall–Kier alpha value is -3.65. The maximum absolute atomic E-state index is 13.1. The van der Waals surface area contributed by atoms with E-state index in [4.69, 9.17) is 9.84 Å². The standard InChI is InChI=1S/C23H23N3O5/c1-31-18-9-7-17(8-10-18)26-20(15-5-3-2-4-6-15)12-19(24-26)23(30)25-13-16(11-22(28)29)21(27)14-25/h2-10,12,16,21,27H,11,13-14H2,1H3,(H,28,29)/t16-,21-/m1/s1. The molecule has 8 nitrogen and oxygen atoms in total. The molecular formula is C23H23N3O5. The van der Waals surface area contributed by atoms with Crippen molar-refractivity contribution < 1.29 is 24.5 Å². The minimum absolute atomic E-state index is 0.0901. The van der Waals surface area contributed by atoms with Gasteiger partial charge in [0.05, 0.1) is 31.0 Å². The monoisotopic (exact) mass is 421 g/mol. The van der Waals surface area contributed by atoms with Gasteiger partial charge in [-0.15, -0.1) is 0 Å². The zero-order valence-corrected chi connectivity index (χ0v) is 17.0. The van der Waals surface area contributed by atoms with Crippen molar-refractivity contribution >= 4 is 11.9 Å². The second kappa shape index (κ2) is 8.61. The van der Waals surface area contributed by atoms with E-state index in [0.29, 0.717) is 5.75 Å². The van der Waals surface area contributed by atoms with Gasteiger partial charge in [-0.05, 0) is 30.3 Å². The third kappa shape index (κ3) is 4.29. The van der Waals surface area contributed by atoms with Gasteiger partial charge < -0.3 is 19.8 Å². The molecule has 2 aromatic carbocycles. The molecule has 0 saturated carbocycles. The van der Waals surface area contributed by atoms with Crippen molar-refractivity contribution in [3.05, 3.63) is 66.4 Å². The van der Waals surface area contributed by atoms with Gasteiger partial charge >= 0.3 is 5.97 Å². The van der Waals surface area contributed by atoms with E-state index in [1.54, 1.807) is 17.9 Å². The van der Waals surface area contributed by atoms with Crippen LogP contribution in [0.15, 0.2) is 60.7 Å². The van der Waals surface area contributed by atoms with Crippen LogP contribution in [-0.2, 0) is 4.79 Å². The molecular weight excluding hydrogens is 398 g/mol. The molecule has 1 aromatic heterocycles. The number of rotatable bonds is 6. The van der Waals surface area contributed by atoms with E-state index in [0.717, 1.165) is 16.9 Å². The highest BCUT2D eigenvalue weighted by atomic mass is 16.5. The molecule has 1 aliphatic heterocycles. The fourth-order valence-electron chi connectivity index (χ4n) is 3.83. The Kier molecular flexibility index (Phi) is 5.73. The topological polar surface area (TPSA) is 105 Å². The SMILES string of the molecule is COc1ccc(-n2nc(C(=O)N3C[C@@H](CC(=O)O)[C@H](O)C3)cc2-c2ccccc2)cc1. The third-order valence-corrected chi connectivity index (χ3v) is 5.45. The number of hydrogen-bond donors (Lipinski definition) is 2. The maximum Gasteiger partial charge on any atom is 0.303 e. The van der Waals surface area contributed by atoms with Crippen LogP contribution in [0, 0.1) is 5.92 Å². The molecule has 2 heterocycles. The van der Waals surface area contributed by atoms with Crippen LogP contribution in [0.25, 0.3) is 16.9 Å². The number of carbonyl (C=O) groups is 2. The average molecular weight is 421 g/mol. The molecule has 2 N–H and O–H groups in total. The van der Waals surface area contributed by atoms with Gasteiger partial charge in [0.2, 0.25) is 0 Å². The lowest BCUT2D eigenvalue weighted by molar-refractivity contribution is -0.138. The van der Waals surface area contributed by atoms with Crippen LogP contribution < -0.4 is 4.74 Å². The summed E-state index contributed by atoms with van der Waals surface area (Å²) in [6.07, 6.45) is -1.04. The van der Waals surface area contributed by atoms with Crippen LogP contribution in [-0.4, -0.2) is 63.1 Å². The number of ether oxygens (including phenoxy) is 1. The van der Waals surface area contributed by atoms with Gasteiger partial charge in [-0.25, -0.2) is 4.68 Å². The summed E-state index contributed by atoms with van der Waals surface area (Å²) in [4.78, 5) is 25.6. The summed E-state index contributed by atoms with van der Waals surface area (Å²) in [5, 5.41) is 23.8. The lowest BCUT2D eigenvalue weighted by Gasteiger charge is -2.14. The van der Waals surface area contributed by atoms with Crippen molar-refractivity contribution in [3.63, 3.8) is 0 Å². The molecule has 160 valence electrons. The average Bonchev–Trinajstić information content (AvgIpc) is 3.38. The Morgan fingerprint density at radius 2 is 1.81 bits per heavy atom. The Morgan fingerprint density at radius 3 is 2.45 bits per heavy atom. The Labute approximate surface area is 179 Å². The van der Waals surface area contributed by atoms with Gasteiger partial charge in [-0.3, -0.25) is 9.59 Å². The van der Waals surface area contributed by atoms with Crippen molar-refractivity contribution in [1.29, 1.82) is 0 Å². The lowest BCUT2D eigenvalue weighted by atomic mass is 10.0. The van der Waals surface area contributed by atoms with Gasteiger partial charge in [0.1, 0.15) is 5.75 Å². The molecule has 31 heavy (non-hydrogen) atoms. The highest BCUT2D eigenvalue weighted by Gasteiger charge is 2.36. The molecule has 0 bridgehead atoms. The van der Waals surface area contributed by atoms with E-state index in [-0.39, 0.29) is 31.1 Å². The first-order chi connectivity index (χ1) is 15.0. The number of aliphatic hydroxyl groups is 1. The summed E-state index contributed by atoms with van der Waals surface area (Å²) in [6, 6.07) is 18.7. The number of nitrogens with zero attached hydrogens (tertiary/aromatic N) is 3. The number of aliphatic carboxylic acids is 1. The van der Waals surface area contributed by atoms with E-state index >= 15 is 0 Å². The predicted molar refractivity (Wildman–Crippen MR) is 113 cm³/mol. The van der Waals surface area contributed by atoms with Crippen LogP contribution in [0.5, 0.6) is 5.75 Å². The molecule has 3 aromatic rings. The molecule has 0 unspecified atom stereocenters. The number of aromatic nitrogens is 2. The molecule has 0 spiro atoms. The Balaban J connectivity index is 1.68. The van der Waals surface area contributed by atoms with Crippen molar-refractivity contribution in [1.82, 2.24) is 14.7 Å². The van der Waals surface area contributed by atoms with Gasteiger partial charge in [-0.1, -0.05) is 30.3 Å².